The number of rotatable bonds is 10. The number of hydrogen-bond donors (Lipinski definition) is 1. The molecule has 0 saturated heterocycles. The first-order chi connectivity index (χ1) is 9.85. The van der Waals surface area contributed by atoms with Crippen molar-refractivity contribution < 1.29 is 45.7 Å². The van der Waals surface area contributed by atoms with Gasteiger partial charge in [0, 0.05) is 30.1 Å². The zero-order valence-corrected chi connectivity index (χ0v) is 12.8. The van der Waals surface area contributed by atoms with Gasteiger partial charge in [0.05, 0.1) is 6.10 Å². The van der Waals surface area contributed by atoms with Crippen molar-refractivity contribution >= 4 is 6.47 Å². The van der Waals surface area contributed by atoms with Gasteiger partial charge in [-0.15, -0.1) is 0 Å². The number of carbonyl (C=O) groups excluding carboxylic acids is 1. The Morgan fingerprint density at radius 1 is 1.19 bits per heavy atom. The van der Waals surface area contributed by atoms with Crippen molar-refractivity contribution in [2.75, 3.05) is 6.61 Å². The molecule has 21 heavy (non-hydrogen) atoms. The van der Waals surface area contributed by atoms with E-state index in [1.807, 2.05) is 0 Å². The molecule has 0 aliphatic rings. The van der Waals surface area contributed by atoms with Gasteiger partial charge < -0.3 is 14.6 Å². The fourth-order valence-electron chi connectivity index (χ4n) is 1.12. The topological polar surface area (TPSA) is 106 Å². The van der Waals surface area contributed by atoms with Gasteiger partial charge in [0.15, 0.2) is 0 Å². The third-order valence-corrected chi connectivity index (χ3v) is 1.86. The smallest absolute Gasteiger partial charge is 0 e. The van der Waals surface area contributed by atoms with E-state index in [-0.39, 0.29) is 29.8 Å². The molecular formula is C14H18FeO6-. The minimum atomic E-state index is -0.207. The molecule has 1 atom stereocenters. The van der Waals surface area contributed by atoms with Gasteiger partial charge in [-0.3, -0.25) is 0 Å². The third-order valence-electron chi connectivity index (χ3n) is 1.86. The Morgan fingerprint density at radius 2 is 1.71 bits per heavy atom. The van der Waals surface area contributed by atoms with Crippen LogP contribution in [0.2, 0.25) is 0 Å². The third kappa shape index (κ3) is 38.2. The number of unbranched alkanes of at least 4 members (excludes halogenated alkanes) is 3. The first-order valence-electron chi connectivity index (χ1n) is 5.60. The molecule has 1 N–H and O–H groups in total. The molecule has 0 aliphatic heterocycles. The van der Waals surface area contributed by atoms with E-state index in [2.05, 4.69) is 26.9 Å². The van der Waals surface area contributed by atoms with Gasteiger partial charge in [0.2, 0.25) is 0 Å². The summed E-state index contributed by atoms with van der Waals surface area (Å²) in [4.78, 5) is 10.0. The van der Waals surface area contributed by atoms with Crippen LogP contribution < -0.4 is 0 Å². The van der Waals surface area contributed by atoms with E-state index in [1.54, 1.807) is 19.3 Å². The largest absolute Gasteiger partial charge is 0 e. The molecule has 7 heteroatoms. The normalized spacial score (nSPS) is 8.57. The Balaban J connectivity index is -0.000000107. The molecule has 0 spiro atoms. The summed E-state index contributed by atoms with van der Waals surface area (Å²) in [6.45, 7) is 17.1. The average molecular weight is 338 g/mol. The summed E-state index contributed by atoms with van der Waals surface area (Å²) in [6.07, 6.45) is 8.98. The summed E-state index contributed by atoms with van der Waals surface area (Å²) >= 11 is 0. The van der Waals surface area contributed by atoms with E-state index in [1.165, 1.54) is 6.47 Å². The van der Waals surface area contributed by atoms with Gasteiger partial charge in [-0.2, -0.15) is 0 Å². The summed E-state index contributed by atoms with van der Waals surface area (Å²) in [5, 5.41) is 8.50. The summed E-state index contributed by atoms with van der Waals surface area (Å²) in [6, 6.07) is 0. The van der Waals surface area contributed by atoms with Crippen molar-refractivity contribution in [3.8, 4) is 0 Å². The van der Waals surface area contributed by atoms with Crippen LogP contribution >= 0.6 is 0 Å². The molecule has 0 aromatic heterocycles. The molecule has 0 rings (SSSR count). The van der Waals surface area contributed by atoms with E-state index in [4.69, 9.17) is 23.8 Å². The maximum absolute atomic E-state index is 10.0. The second kappa shape index (κ2) is 42.7. The Kier molecular flexibility index (Phi) is 65.5. The van der Waals surface area contributed by atoms with E-state index in [0.29, 0.717) is 0 Å². The van der Waals surface area contributed by atoms with Gasteiger partial charge in [0.25, 0.3) is 0 Å². The molecule has 119 valence electrons. The van der Waals surface area contributed by atoms with Gasteiger partial charge >= 0.3 is 33.9 Å². The average Bonchev–Trinajstić information content (AvgIpc) is 2.54. The van der Waals surface area contributed by atoms with Crippen molar-refractivity contribution in [3.05, 3.63) is 39.2 Å². The monoisotopic (exact) mass is 338 g/mol. The van der Waals surface area contributed by atoms with Gasteiger partial charge in [-0.1, -0.05) is 26.2 Å². The van der Waals surface area contributed by atoms with E-state index in [0.717, 1.165) is 25.7 Å². The minimum absolute atomic E-state index is 0. The van der Waals surface area contributed by atoms with Crippen LogP contribution in [0.3, 0.4) is 0 Å². The molecule has 1 unspecified atom stereocenters. The summed E-state index contributed by atoms with van der Waals surface area (Å²) in [5.74, 6) is 0. The summed E-state index contributed by atoms with van der Waals surface area (Å²) in [7, 11) is 0. The number of aliphatic hydroxyl groups excluding tert-OH is 1. The van der Waals surface area contributed by atoms with Gasteiger partial charge in [-0.05, 0) is 25.7 Å². The van der Waals surface area contributed by atoms with Crippen LogP contribution in [0.15, 0.2) is 0 Å². The summed E-state index contributed by atoms with van der Waals surface area (Å²) in [5.41, 5.74) is 0. The molecule has 0 heterocycles. The van der Waals surface area contributed by atoms with Crippen LogP contribution in [0.1, 0.15) is 32.6 Å². The van der Waals surface area contributed by atoms with Crippen molar-refractivity contribution in [1.29, 1.82) is 0 Å². The first kappa shape index (κ1) is 32.2. The van der Waals surface area contributed by atoms with Crippen LogP contribution in [0.4, 0.5) is 0 Å². The summed E-state index contributed by atoms with van der Waals surface area (Å²) < 4.78 is 27.2. The van der Waals surface area contributed by atoms with Gasteiger partial charge in [-0.25, -0.2) is 0 Å². The van der Waals surface area contributed by atoms with Gasteiger partial charge in [0.1, 0.15) is 0 Å². The molecule has 0 aliphatic carbocycles. The number of ether oxygens (including phenoxy) is 1. The van der Waals surface area contributed by atoms with Crippen LogP contribution in [0, 0.1) is 39.2 Å². The van der Waals surface area contributed by atoms with Crippen molar-refractivity contribution in [2.45, 2.75) is 38.7 Å². The Labute approximate surface area is 137 Å². The standard InChI is InChI=1S/C11H18O3.3CO.Fe/c1-2-3-4-7-11(14-10-13)8-5-6-9-12;3*1-2;/h5-6,8,11-12H,2-4,7,9H2,1H3;;;;/q-1;;;;. The fourth-order valence-corrected chi connectivity index (χ4v) is 1.12. The van der Waals surface area contributed by atoms with E-state index in [9.17, 15) is 4.79 Å². The molecule has 0 aromatic rings. The Morgan fingerprint density at radius 3 is 2.10 bits per heavy atom. The van der Waals surface area contributed by atoms with Crippen LogP contribution in [-0.4, -0.2) is 24.3 Å². The van der Waals surface area contributed by atoms with Crippen LogP contribution in [-0.2, 0) is 40.6 Å². The zero-order valence-electron chi connectivity index (χ0n) is 11.7. The molecule has 0 saturated carbocycles. The maximum Gasteiger partial charge on any atom is 0 e. The number of aliphatic hydroxyl groups is 1. The molecule has 0 aromatic carbocycles. The second-order valence-electron chi connectivity index (χ2n) is 3.04. The fraction of sp³-hybridized carbons (Fsp3) is 0.500. The molecule has 3 radical (unpaired) electrons. The first-order valence-corrected chi connectivity index (χ1v) is 5.60. The van der Waals surface area contributed by atoms with Crippen molar-refractivity contribution in [3.63, 3.8) is 0 Å². The quantitative estimate of drug-likeness (QED) is 0.282. The molecule has 0 bridgehead atoms. The van der Waals surface area contributed by atoms with Crippen LogP contribution in [0.5, 0.6) is 0 Å². The zero-order chi connectivity index (χ0) is 16.6. The molecule has 6 nitrogen and oxygen atoms in total. The molecule has 0 fully saturated rings. The predicted octanol–water partition coefficient (Wildman–Crippen LogP) is 1.51. The minimum Gasteiger partial charge on any atom is 0 e. The SMILES string of the molecule is CCCCCC([CH][CH][CH]CO)O[C-]=O.[C-]#[O+].[C-]#[O+].[C-]#[O+].[Fe]. The van der Waals surface area contributed by atoms with E-state index >= 15 is 0 Å². The molecular weight excluding hydrogens is 320 g/mol. The van der Waals surface area contributed by atoms with E-state index < -0.39 is 0 Å². The predicted molar refractivity (Wildman–Crippen MR) is 66.5 cm³/mol. The maximum atomic E-state index is 10.0. The second-order valence-corrected chi connectivity index (χ2v) is 3.04. The van der Waals surface area contributed by atoms with Crippen LogP contribution in [0.25, 0.3) is 0 Å². The Bertz CT molecular complexity index is 203. The molecule has 0 amide bonds. The number of hydrogen-bond acceptors (Lipinski definition) is 3. The van der Waals surface area contributed by atoms with Crippen molar-refractivity contribution in [2.24, 2.45) is 0 Å². The Hall–Kier alpha value is -0.831. The van der Waals surface area contributed by atoms with Crippen molar-refractivity contribution in [1.82, 2.24) is 0 Å².